The summed E-state index contributed by atoms with van der Waals surface area (Å²) in [4.78, 5) is 35.7. The first-order valence-corrected chi connectivity index (χ1v) is 13.2. The Morgan fingerprint density at radius 1 is 0.795 bits per heavy atom. The SMILES string of the molecule is CC(=O)Oc1ccc(OC(C)=O)c(CCc2ccc(N=Nc3ccc(O)cc3N(C(=O)C(F)(F)F)c3ccccc3)cc2)c1. The van der Waals surface area contributed by atoms with Crippen molar-refractivity contribution in [2.45, 2.75) is 32.9 Å². The molecule has 226 valence electrons. The standard InChI is InChI=1S/C32H26F3N3O6/c1-20(39)43-27-15-17-30(44-21(2)40)23(18-27)11-8-22-9-12-24(13-10-22)36-37-28-16-14-26(41)19-29(28)38(31(42)32(33,34)35)25-6-4-3-5-7-25/h3-7,9-10,12-19,41H,8,11H2,1-2H3. The molecule has 0 aliphatic rings. The molecular weight excluding hydrogens is 579 g/mol. The van der Waals surface area contributed by atoms with E-state index in [1.54, 1.807) is 42.5 Å². The Balaban J connectivity index is 1.56. The van der Waals surface area contributed by atoms with Gasteiger partial charge in [-0.25, -0.2) is 0 Å². The third kappa shape index (κ3) is 8.28. The van der Waals surface area contributed by atoms with Crippen molar-refractivity contribution in [3.05, 3.63) is 102 Å². The predicted molar refractivity (Wildman–Crippen MR) is 155 cm³/mol. The molecule has 0 bridgehead atoms. The Morgan fingerprint density at radius 3 is 2.11 bits per heavy atom. The molecule has 4 aromatic carbocycles. The molecule has 0 heterocycles. The van der Waals surface area contributed by atoms with Crippen molar-refractivity contribution < 1.29 is 42.1 Å². The van der Waals surface area contributed by atoms with Crippen LogP contribution in [0.3, 0.4) is 0 Å². The number of benzene rings is 4. The van der Waals surface area contributed by atoms with Crippen molar-refractivity contribution in [2.24, 2.45) is 10.2 Å². The summed E-state index contributed by atoms with van der Waals surface area (Å²) in [5.74, 6) is -2.85. The molecule has 0 spiro atoms. The van der Waals surface area contributed by atoms with E-state index in [1.807, 2.05) is 0 Å². The Labute approximate surface area is 250 Å². The van der Waals surface area contributed by atoms with E-state index >= 15 is 0 Å². The van der Waals surface area contributed by atoms with E-state index in [4.69, 9.17) is 9.47 Å². The summed E-state index contributed by atoms with van der Waals surface area (Å²) in [5.41, 5.74) is 1.44. The topological polar surface area (TPSA) is 118 Å². The van der Waals surface area contributed by atoms with Crippen molar-refractivity contribution in [1.82, 2.24) is 0 Å². The largest absolute Gasteiger partial charge is 0.508 e. The molecule has 4 rings (SSSR count). The molecule has 1 amide bonds. The Hall–Kier alpha value is -5.52. The number of anilines is 2. The Kier molecular flexibility index (Phi) is 9.74. The van der Waals surface area contributed by atoms with Crippen molar-refractivity contribution in [3.8, 4) is 17.2 Å². The normalized spacial score (nSPS) is 11.3. The van der Waals surface area contributed by atoms with Gasteiger partial charge in [-0.3, -0.25) is 19.3 Å². The van der Waals surface area contributed by atoms with Crippen LogP contribution in [0.5, 0.6) is 17.2 Å². The third-order valence-corrected chi connectivity index (χ3v) is 6.10. The Bertz CT molecular complexity index is 1690. The van der Waals surface area contributed by atoms with Gasteiger partial charge in [0.2, 0.25) is 0 Å². The number of phenols is 1. The van der Waals surface area contributed by atoms with E-state index in [0.717, 1.165) is 11.6 Å². The van der Waals surface area contributed by atoms with Crippen molar-refractivity contribution in [3.63, 3.8) is 0 Å². The minimum Gasteiger partial charge on any atom is -0.508 e. The number of aryl methyl sites for hydroxylation is 2. The minimum atomic E-state index is -5.20. The number of hydrogen-bond donors (Lipinski definition) is 1. The number of esters is 2. The van der Waals surface area contributed by atoms with Gasteiger partial charge in [-0.1, -0.05) is 30.3 Å². The van der Waals surface area contributed by atoms with E-state index in [-0.39, 0.29) is 22.8 Å². The van der Waals surface area contributed by atoms with Crippen LogP contribution in [0.1, 0.15) is 25.0 Å². The highest BCUT2D eigenvalue weighted by Gasteiger charge is 2.44. The summed E-state index contributed by atoms with van der Waals surface area (Å²) >= 11 is 0. The summed E-state index contributed by atoms with van der Waals surface area (Å²) < 4.78 is 51.1. The molecule has 4 aromatic rings. The second kappa shape index (κ2) is 13.6. The maximum absolute atomic E-state index is 13.6. The zero-order valence-electron chi connectivity index (χ0n) is 23.5. The quantitative estimate of drug-likeness (QED) is 0.119. The first kappa shape index (κ1) is 31.4. The number of aromatic hydroxyl groups is 1. The molecule has 44 heavy (non-hydrogen) atoms. The number of carbonyl (C=O) groups excluding carboxylic acids is 3. The molecule has 0 aliphatic carbocycles. The van der Waals surface area contributed by atoms with Gasteiger partial charge in [-0.2, -0.15) is 18.3 Å². The van der Waals surface area contributed by atoms with Gasteiger partial charge in [0.15, 0.2) is 0 Å². The van der Waals surface area contributed by atoms with Crippen molar-refractivity contribution in [1.29, 1.82) is 0 Å². The molecule has 12 heteroatoms. The van der Waals surface area contributed by atoms with E-state index in [0.29, 0.717) is 40.5 Å². The molecule has 0 aliphatic heterocycles. The number of alkyl halides is 3. The van der Waals surface area contributed by atoms with E-state index in [9.17, 15) is 32.7 Å². The first-order valence-electron chi connectivity index (χ1n) is 13.2. The van der Waals surface area contributed by atoms with Crippen molar-refractivity contribution in [2.75, 3.05) is 4.90 Å². The van der Waals surface area contributed by atoms with Gasteiger partial charge >= 0.3 is 24.0 Å². The molecule has 0 aromatic heterocycles. The Morgan fingerprint density at radius 2 is 1.48 bits per heavy atom. The summed E-state index contributed by atoms with van der Waals surface area (Å²) in [6.45, 7) is 2.56. The van der Waals surface area contributed by atoms with Gasteiger partial charge in [0.05, 0.1) is 11.4 Å². The molecule has 0 saturated heterocycles. The number of amides is 1. The summed E-state index contributed by atoms with van der Waals surface area (Å²) in [7, 11) is 0. The summed E-state index contributed by atoms with van der Waals surface area (Å²) in [5, 5.41) is 18.3. The van der Waals surface area contributed by atoms with E-state index < -0.39 is 24.0 Å². The molecular formula is C32H26F3N3O6. The second-order valence-electron chi connectivity index (χ2n) is 9.47. The van der Waals surface area contributed by atoms with Crippen LogP contribution in [0.4, 0.5) is 35.9 Å². The number of azo groups is 1. The van der Waals surface area contributed by atoms with Gasteiger partial charge in [0, 0.05) is 25.6 Å². The van der Waals surface area contributed by atoms with Gasteiger partial charge in [-0.05, 0) is 78.6 Å². The fourth-order valence-electron chi connectivity index (χ4n) is 4.20. The maximum Gasteiger partial charge on any atom is 0.472 e. The van der Waals surface area contributed by atoms with Gasteiger partial charge in [0.25, 0.3) is 0 Å². The van der Waals surface area contributed by atoms with Crippen LogP contribution in [0.2, 0.25) is 0 Å². The summed E-state index contributed by atoms with van der Waals surface area (Å²) in [6, 6.07) is 22.2. The zero-order chi connectivity index (χ0) is 31.9. The lowest BCUT2D eigenvalue weighted by molar-refractivity contribution is -0.169. The van der Waals surface area contributed by atoms with E-state index in [2.05, 4.69) is 10.2 Å². The highest BCUT2D eigenvalue weighted by atomic mass is 19.4. The van der Waals surface area contributed by atoms with Crippen molar-refractivity contribution >= 4 is 40.6 Å². The van der Waals surface area contributed by atoms with E-state index in [1.165, 1.54) is 56.3 Å². The number of rotatable bonds is 9. The predicted octanol–water partition coefficient (Wildman–Crippen LogP) is 7.67. The van der Waals surface area contributed by atoms with Crippen LogP contribution >= 0.6 is 0 Å². The number of phenolic OH excluding ortho intramolecular Hbond substituents is 1. The number of para-hydroxylation sites is 1. The van der Waals surface area contributed by atoms with Crippen LogP contribution in [-0.2, 0) is 27.2 Å². The first-order chi connectivity index (χ1) is 20.9. The average Bonchev–Trinajstić information content (AvgIpc) is 2.97. The zero-order valence-corrected chi connectivity index (χ0v) is 23.5. The second-order valence-corrected chi connectivity index (χ2v) is 9.47. The fraction of sp³-hybridized carbons (Fsp3) is 0.156. The fourth-order valence-corrected chi connectivity index (χ4v) is 4.20. The third-order valence-electron chi connectivity index (χ3n) is 6.10. The lowest BCUT2D eigenvalue weighted by atomic mass is 10.0. The molecule has 0 radical (unpaired) electrons. The number of halogens is 3. The number of carbonyl (C=O) groups is 3. The van der Waals surface area contributed by atoms with Gasteiger partial charge in [-0.15, -0.1) is 5.11 Å². The van der Waals surface area contributed by atoms with Gasteiger partial charge in [0.1, 0.15) is 22.9 Å². The molecule has 0 fully saturated rings. The number of nitrogens with zero attached hydrogens (tertiary/aromatic N) is 3. The molecule has 0 saturated carbocycles. The summed E-state index contributed by atoms with van der Waals surface area (Å²) in [6.07, 6.45) is -4.24. The minimum absolute atomic E-state index is 0.0727. The lowest BCUT2D eigenvalue weighted by Crippen LogP contribution is -2.38. The van der Waals surface area contributed by atoms with Crippen LogP contribution in [0.15, 0.2) is 101 Å². The molecule has 0 unspecified atom stereocenters. The van der Waals surface area contributed by atoms with Crippen LogP contribution in [0, 0.1) is 0 Å². The highest BCUT2D eigenvalue weighted by molar-refractivity contribution is 6.05. The van der Waals surface area contributed by atoms with Crippen LogP contribution in [0.25, 0.3) is 0 Å². The number of ether oxygens (including phenoxy) is 2. The monoisotopic (exact) mass is 605 g/mol. The highest BCUT2D eigenvalue weighted by Crippen LogP contribution is 2.40. The van der Waals surface area contributed by atoms with Crippen LogP contribution < -0.4 is 14.4 Å². The molecule has 0 atom stereocenters. The maximum atomic E-state index is 13.6. The lowest BCUT2D eigenvalue weighted by Gasteiger charge is -2.25. The smallest absolute Gasteiger partial charge is 0.472 e. The molecule has 1 N–H and O–H groups in total. The van der Waals surface area contributed by atoms with Gasteiger partial charge < -0.3 is 14.6 Å². The number of hydrogen-bond acceptors (Lipinski definition) is 8. The van der Waals surface area contributed by atoms with Crippen LogP contribution in [-0.4, -0.2) is 29.1 Å². The molecule has 9 nitrogen and oxygen atoms in total. The average molecular weight is 606 g/mol.